The third-order valence-electron chi connectivity index (χ3n) is 1.17. The number of aliphatic carboxylic acids is 1. The van der Waals surface area contributed by atoms with Crippen molar-refractivity contribution in [3.8, 4) is 0 Å². The summed E-state index contributed by atoms with van der Waals surface area (Å²) in [5.74, 6) is -1.08. The Balaban J connectivity index is 0. The molecule has 0 N–H and O–H groups in total. The van der Waals surface area contributed by atoms with Gasteiger partial charge in [0.2, 0.25) is 0 Å². The van der Waals surface area contributed by atoms with Gasteiger partial charge in [-0.3, -0.25) is 0 Å². The van der Waals surface area contributed by atoms with E-state index in [1.54, 1.807) is 0 Å². The summed E-state index contributed by atoms with van der Waals surface area (Å²) in [7, 11) is 0. The Morgan fingerprint density at radius 3 is 1.33 bits per heavy atom. The molecular weight excluding hydrogens is 385 g/mol. The van der Waals surface area contributed by atoms with Crippen LogP contribution in [0.25, 0.3) is 0 Å². The van der Waals surface area contributed by atoms with Crippen LogP contribution in [-0.2, 0) is 4.79 Å². The Bertz CT molecular complexity index is 157. The van der Waals surface area contributed by atoms with Gasteiger partial charge in [0.05, 0.1) is 0 Å². The minimum atomic E-state index is -1.08. The van der Waals surface area contributed by atoms with E-state index >= 15 is 0 Å². The van der Waals surface area contributed by atoms with Crippen LogP contribution in [0.3, 0.4) is 0 Å². The van der Waals surface area contributed by atoms with E-state index in [4.69, 9.17) is 9.90 Å². The average molecular weight is 410 g/mol. The van der Waals surface area contributed by atoms with Crippen molar-refractivity contribution in [3.63, 3.8) is 0 Å². The van der Waals surface area contributed by atoms with Crippen LogP contribution in [0.15, 0.2) is 0 Å². The number of hydrogen-bond acceptors (Lipinski definition) is 2. The fraction of sp³-hybridized carbons (Fsp3) is 0.917. The summed E-state index contributed by atoms with van der Waals surface area (Å²) in [6, 6.07) is 0. The first-order valence-corrected chi connectivity index (χ1v) is 10.2. The fourth-order valence-corrected chi connectivity index (χ4v) is 6.38. The second-order valence-corrected chi connectivity index (χ2v) is 10.3. The second-order valence-electron chi connectivity index (χ2n) is 6.15. The van der Waals surface area contributed by atoms with Crippen LogP contribution in [0.4, 0.5) is 0 Å². The molecule has 0 atom stereocenters. The van der Waals surface area contributed by atoms with E-state index in [9.17, 15) is 0 Å². The normalized spacial score (nSPS) is 11.7. The van der Waals surface area contributed by atoms with Crippen molar-refractivity contribution >= 4 is 29.2 Å². The maximum absolute atomic E-state index is 8.89. The molecule has 0 saturated heterocycles. The molecule has 0 bridgehead atoms. The predicted molar refractivity (Wildman–Crippen MR) is 65.0 cm³/mol. The third-order valence-corrected chi connectivity index (χ3v) is 10.3. The molecule has 3 heteroatoms. The number of carbonyl (C=O) groups is 1. The summed E-state index contributed by atoms with van der Waals surface area (Å²) in [5.41, 5.74) is 1.20. The number of hydrogen-bond donors (Lipinski definition) is 0. The molecule has 0 unspecified atom stereocenters. The number of carboxylic acid groups (broad SMARTS) is 1. The number of carbonyl (C=O) groups excluding carboxylic acids is 1. The number of rotatable bonds is 2. The SMILES string of the molecule is CC(=O)[O-].CC(C)(C)[CH2][Bi+][CH2]C(C)(C)C. The Hall–Kier alpha value is 0.353. The molecule has 0 amide bonds. The molecule has 0 spiro atoms. The van der Waals surface area contributed by atoms with Crippen LogP contribution in [0.1, 0.15) is 48.5 Å². The van der Waals surface area contributed by atoms with Crippen LogP contribution in [-0.4, -0.2) is 29.2 Å². The molecule has 0 saturated carbocycles. The first kappa shape index (κ1) is 17.7. The third kappa shape index (κ3) is 31.4. The summed E-state index contributed by atoms with van der Waals surface area (Å²) in [6.07, 6.45) is 0. The molecule has 0 aromatic rings. The molecule has 0 rings (SSSR count). The van der Waals surface area contributed by atoms with E-state index in [1.165, 1.54) is 8.26 Å². The van der Waals surface area contributed by atoms with Gasteiger partial charge in [-0.25, -0.2) is 0 Å². The molecule has 0 aromatic carbocycles. The first-order valence-electron chi connectivity index (χ1n) is 5.25. The van der Waals surface area contributed by atoms with Crippen LogP contribution < -0.4 is 5.11 Å². The molecule has 0 fully saturated rings. The van der Waals surface area contributed by atoms with Gasteiger partial charge in [-0.1, -0.05) is 0 Å². The molecule has 0 aromatic heterocycles. The van der Waals surface area contributed by atoms with E-state index in [0.717, 1.165) is 6.92 Å². The van der Waals surface area contributed by atoms with E-state index in [0.29, 0.717) is 10.8 Å². The van der Waals surface area contributed by atoms with Gasteiger partial charge in [-0.2, -0.15) is 0 Å². The summed E-state index contributed by atoms with van der Waals surface area (Å²) >= 11 is -0.147. The van der Waals surface area contributed by atoms with Crippen LogP contribution in [0.2, 0.25) is 8.26 Å². The van der Waals surface area contributed by atoms with Gasteiger partial charge in [-0.05, 0) is 6.92 Å². The minimum absolute atomic E-state index is 0.147. The molecule has 0 aliphatic heterocycles. The zero-order chi connectivity index (χ0) is 12.7. The Kier molecular flexibility index (Phi) is 8.99. The van der Waals surface area contributed by atoms with E-state index in [2.05, 4.69) is 41.5 Å². The van der Waals surface area contributed by atoms with Gasteiger partial charge < -0.3 is 9.90 Å². The topological polar surface area (TPSA) is 40.1 Å². The summed E-state index contributed by atoms with van der Waals surface area (Å²) < 4.78 is 3.06. The molecule has 2 radical (unpaired) electrons. The van der Waals surface area contributed by atoms with Gasteiger partial charge in [0.1, 0.15) is 0 Å². The molecule has 15 heavy (non-hydrogen) atoms. The van der Waals surface area contributed by atoms with Gasteiger partial charge >= 0.3 is 83.9 Å². The molecule has 0 aliphatic carbocycles. The zero-order valence-corrected chi connectivity index (χ0v) is 14.7. The zero-order valence-electron chi connectivity index (χ0n) is 11.2. The van der Waals surface area contributed by atoms with Crippen molar-refractivity contribution in [1.29, 1.82) is 0 Å². The van der Waals surface area contributed by atoms with E-state index in [1.807, 2.05) is 0 Å². The second kappa shape index (κ2) is 7.60. The van der Waals surface area contributed by atoms with Crippen molar-refractivity contribution in [3.05, 3.63) is 0 Å². The van der Waals surface area contributed by atoms with Crippen molar-refractivity contribution in [1.82, 2.24) is 0 Å². The Labute approximate surface area is 106 Å². The van der Waals surface area contributed by atoms with Gasteiger partial charge in [0.25, 0.3) is 0 Å². The maximum atomic E-state index is 8.89. The summed E-state index contributed by atoms with van der Waals surface area (Å²) in [4.78, 5) is 8.89. The van der Waals surface area contributed by atoms with Crippen molar-refractivity contribution in [2.75, 3.05) is 0 Å². The first-order chi connectivity index (χ1) is 6.44. The molecular formula is C12H25BiO2. The fourth-order valence-electron chi connectivity index (χ4n) is 0.727. The van der Waals surface area contributed by atoms with E-state index < -0.39 is 5.97 Å². The van der Waals surface area contributed by atoms with Gasteiger partial charge in [0.15, 0.2) is 0 Å². The number of carboxylic acids is 1. The summed E-state index contributed by atoms with van der Waals surface area (Å²) in [6.45, 7) is 15.1. The van der Waals surface area contributed by atoms with E-state index in [-0.39, 0.29) is 23.2 Å². The monoisotopic (exact) mass is 410 g/mol. The van der Waals surface area contributed by atoms with Crippen molar-refractivity contribution < 1.29 is 9.90 Å². The quantitative estimate of drug-likeness (QED) is 0.656. The van der Waals surface area contributed by atoms with Crippen LogP contribution >= 0.6 is 0 Å². The summed E-state index contributed by atoms with van der Waals surface area (Å²) in [5, 5.41) is 8.89. The van der Waals surface area contributed by atoms with Crippen molar-refractivity contribution in [2.45, 2.75) is 56.7 Å². The molecule has 0 heterocycles. The molecule has 90 valence electrons. The van der Waals surface area contributed by atoms with Gasteiger partial charge in [0, 0.05) is 5.97 Å². The Morgan fingerprint density at radius 1 is 1.00 bits per heavy atom. The predicted octanol–water partition coefficient (Wildman–Crippen LogP) is 2.38. The van der Waals surface area contributed by atoms with Crippen molar-refractivity contribution in [2.24, 2.45) is 10.8 Å². The van der Waals surface area contributed by atoms with Crippen LogP contribution in [0.5, 0.6) is 0 Å². The average Bonchev–Trinajstić information content (AvgIpc) is 1.77. The van der Waals surface area contributed by atoms with Gasteiger partial charge in [-0.15, -0.1) is 0 Å². The standard InChI is InChI=1S/2C5H11.C2H4O2.Bi/c2*1-5(2,3)4;1-2(3)4;/h2*1H2,2-4H3;1H3,(H,3,4);/q;;;+1/p-1. The van der Waals surface area contributed by atoms with Crippen LogP contribution in [0, 0.1) is 10.8 Å². The molecule has 0 aliphatic rings. The molecule has 2 nitrogen and oxygen atoms in total. The Morgan fingerprint density at radius 2 is 1.20 bits per heavy atom.